The SMILES string of the molecule is N#Cc1c(-n2c3ccccc3c3cc(-c4ccccc4)ccc32)c(-c2cc(-c3ccccc3)nc(-c3ccccc3)n2)c(-n2c3ccccc3c3cc(-c4ccccc4)ccc32)c(-n2c3ccccc3c3cc(-c4ccccc4)ccc32)c1-n1c2ccccc2c2cc(-c3ccccc3)ccc21. The van der Waals surface area contributed by atoms with E-state index in [9.17, 15) is 5.26 Å². The van der Waals surface area contributed by atoms with Crippen LogP contribution in [0.1, 0.15) is 5.56 Å². The molecule has 0 unspecified atom stereocenters. The topological polar surface area (TPSA) is 69.3 Å². The molecule has 20 rings (SSSR count). The Morgan fingerprint density at radius 2 is 0.480 bits per heavy atom. The lowest BCUT2D eigenvalue weighted by Gasteiger charge is -2.29. The zero-order chi connectivity index (χ0) is 67.4. The molecule has 0 radical (unpaired) electrons. The van der Waals surface area contributed by atoms with Gasteiger partial charge in [0.2, 0.25) is 0 Å². The van der Waals surface area contributed by atoms with E-state index in [4.69, 9.17) is 9.97 Å². The van der Waals surface area contributed by atoms with Crippen LogP contribution in [0.2, 0.25) is 0 Å². The lowest BCUT2D eigenvalue weighted by Crippen LogP contribution is -2.17. The first-order valence-corrected chi connectivity index (χ1v) is 34.6. The van der Waals surface area contributed by atoms with Gasteiger partial charge in [0, 0.05) is 54.2 Å². The number of rotatable bonds is 11. The maximum Gasteiger partial charge on any atom is 0.160 e. The molecule has 0 amide bonds. The smallest absolute Gasteiger partial charge is 0.160 e. The molecule has 0 N–H and O–H groups in total. The van der Waals surface area contributed by atoms with Gasteiger partial charge >= 0.3 is 0 Å². The second-order valence-electron chi connectivity index (χ2n) is 26.3. The van der Waals surface area contributed by atoms with Crippen LogP contribution in [0.3, 0.4) is 0 Å². The minimum atomic E-state index is 0.438. The lowest BCUT2D eigenvalue weighted by molar-refractivity contribution is 1.03. The number of para-hydroxylation sites is 4. The Hall–Kier alpha value is -13.9. The molecule has 474 valence electrons. The summed E-state index contributed by atoms with van der Waals surface area (Å²) in [6.45, 7) is 0. The summed E-state index contributed by atoms with van der Waals surface area (Å²) in [6.07, 6.45) is 0. The first-order chi connectivity index (χ1) is 50.6. The molecule has 20 aromatic rings. The Kier molecular flexibility index (Phi) is 13.5. The molecule has 0 saturated carbocycles. The van der Waals surface area contributed by atoms with Crippen LogP contribution in [0.5, 0.6) is 0 Å². The monoisotopic (exact) mass is 1300 g/mol. The molecule has 0 aliphatic heterocycles. The predicted molar refractivity (Wildman–Crippen MR) is 422 cm³/mol. The highest BCUT2D eigenvalue weighted by Gasteiger charge is 2.36. The van der Waals surface area contributed by atoms with Crippen molar-refractivity contribution in [2.24, 2.45) is 0 Å². The number of hydrogen-bond acceptors (Lipinski definition) is 3. The van der Waals surface area contributed by atoms with Gasteiger partial charge in [-0.05, 0) is 123 Å². The summed E-state index contributed by atoms with van der Waals surface area (Å²) in [5.41, 5.74) is 23.7. The molecule has 102 heavy (non-hydrogen) atoms. The van der Waals surface area contributed by atoms with E-state index in [2.05, 4.69) is 370 Å². The summed E-state index contributed by atoms with van der Waals surface area (Å²) in [6, 6.07) is 131. The number of hydrogen-bond donors (Lipinski definition) is 0. The molecule has 7 nitrogen and oxygen atoms in total. The van der Waals surface area contributed by atoms with Crippen LogP contribution in [0.4, 0.5) is 0 Å². The van der Waals surface area contributed by atoms with Crippen molar-refractivity contribution in [2.75, 3.05) is 0 Å². The molecule has 0 saturated heterocycles. The standard InChI is InChI=1S/C95H59N7/c96-60-79-91(99-82-43-23-19-39-71(82)75-55-67(47-51-86(75)99)61-27-7-1-8-28-61)90(81-59-80(65-35-15-5-16-36-65)97-95(98-81)66-37-17-6-18-38-66)93(101-84-45-25-21-41-73(84)77-57-69(49-53-88(77)101)63-31-11-3-12-32-63)94(102-85-46-26-22-42-74(85)78-58-70(50-54-89(78)102)64-33-13-4-14-34-64)92(79)100-83-44-24-20-40-72(83)76-56-68(48-52-87(76)100)62-29-9-2-10-30-62/h1-59H. The highest BCUT2D eigenvalue weighted by atomic mass is 15.1. The van der Waals surface area contributed by atoms with Crippen molar-refractivity contribution in [1.29, 1.82) is 5.26 Å². The minimum Gasteiger partial charge on any atom is -0.307 e. The fourth-order valence-corrected chi connectivity index (χ4v) is 16.1. The third-order valence-corrected chi connectivity index (χ3v) is 20.6. The van der Waals surface area contributed by atoms with Crippen molar-refractivity contribution in [1.82, 2.24) is 28.2 Å². The van der Waals surface area contributed by atoms with E-state index in [-0.39, 0.29) is 0 Å². The molecule has 5 heterocycles. The van der Waals surface area contributed by atoms with E-state index in [1.165, 1.54) is 0 Å². The van der Waals surface area contributed by atoms with Crippen LogP contribution in [0.25, 0.3) is 188 Å². The van der Waals surface area contributed by atoms with Crippen molar-refractivity contribution in [2.45, 2.75) is 0 Å². The van der Waals surface area contributed by atoms with Gasteiger partial charge in [0.1, 0.15) is 11.6 Å². The second kappa shape index (κ2) is 23.7. The van der Waals surface area contributed by atoms with Gasteiger partial charge in [0.15, 0.2) is 5.82 Å². The fraction of sp³-hybridized carbons (Fsp3) is 0. The van der Waals surface area contributed by atoms with E-state index >= 15 is 0 Å². The van der Waals surface area contributed by atoms with Crippen molar-refractivity contribution in [3.8, 4) is 107 Å². The van der Waals surface area contributed by atoms with Gasteiger partial charge in [-0.1, -0.05) is 279 Å². The molecule has 0 atom stereocenters. The van der Waals surface area contributed by atoms with Crippen LogP contribution >= 0.6 is 0 Å². The number of nitriles is 1. The van der Waals surface area contributed by atoms with Crippen LogP contribution in [0.15, 0.2) is 358 Å². The largest absolute Gasteiger partial charge is 0.307 e. The second-order valence-corrected chi connectivity index (χ2v) is 26.3. The van der Waals surface area contributed by atoms with Crippen molar-refractivity contribution >= 4 is 87.2 Å². The molecule has 0 fully saturated rings. The van der Waals surface area contributed by atoms with Gasteiger partial charge in [-0.3, -0.25) is 0 Å². The van der Waals surface area contributed by atoms with E-state index in [0.29, 0.717) is 28.5 Å². The Morgan fingerprint density at radius 1 is 0.206 bits per heavy atom. The van der Waals surface area contributed by atoms with Crippen LogP contribution < -0.4 is 0 Å². The quantitative estimate of drug-likeness (QED) is 0.130. The molecule has 7 heteroatoms. The maximum absolute atomic E-state index is 13.6. The minimum absolute atomic E-state index is 0.438. The zero-order valence-electron chi connectivity index (χ0n) is 55.2. The van der Waals surface area contributed by atoms with Crippen LogP contribution in [-0.4, -0.2) is 28.2 Å². The Balaban J connectivity index is 1.08. The summed E-state index contributed by atoms with van der Waals surface area (Å²) >= 11 is 0. The first kappa shape index (κ1) is 58.2. The zero-order valence-corrected chi connectivity index (χ0v) is 55.2. The van der Waals surface area contributed by atoms with E-state index in [1.54, 1.807) is 0 Å². The van der Waals surface area contributed by atoms with Crippen LogP contribution in [0, 0.1) is 11.3 Å². The summed E-state index contributed by atoms with van der Waals surface area (Å²) in [7, 11) is 0. The van der Waals surface area contributed by atoms with Gasteiger partial charge in [-0.15, -0.1) is 0 Å². The van der Waals surface area contributed by atoms with Crippen molar-refractivity contribution < 1.29 is 0 Å². The van der Waals surface area contributed by atoms with Crippen molar-refractivity contribution in [3.05, 3.63) is 363 Å². The van der Waals surface area contributed by atoms with Gasteiger partial charge < -0.3 is 18.3 Å². The summed E-state index contributed by atoms with van der Waals surface area (Å²) in [5.74, 6) is 0.541. The molecule has 5 aromatic heterocycles. The highest BCUT2D eigenvalue weighted by molar-refractivity contribution is 6.18. The lowest BCUT2D eigenvalue weighted by atomic mass is 9.94. The Labute approximate surface area is 587 Å². The molecule has 0 aliphatic carbocycles. The summed E-state index contributed by atoms with van der Waals surface area (Å²) in [5, 5.41) is 22.0. The predicted octanol–water partition coefficient (Wildman–Crippen LogP) is 24.4. The molecular formula is C95H59N7. The maximum atomic E-state index is 13.6. The third kappa shape index (κ3) is 9.21. The Morgan fingerprint density at radius 3 is 0.833 bits per heavy atom. The Bertz CT molecular complexity index is 6720. The van der Waals surface area contributed by atoms with Gasteiger partial charge in [-0.25, -0.2) is 9.97 Å². The average Bonchev–Trinajstić information content (AvgIpc) is 1.45. The van der Waals surface area contributed by atoms with E-state index < -0.39 is 0 Å². The van der Waals surface area contributed by atoms with Crippen LogP contribution in [-0.2, 0) is 0 Å². The molecule has 0 bridgehead atoms. The van der Waals surface area contributed by atoms with E-state index in [0.717, 1.165) is 165 Å². The third-order valence-electron chi connectivity index (χ3n) is 20.6. The van der Waals surface area contributed by atoms with Gasteiger partial charge in [0.05, 0.1) is 83.8 Å². The van der Waals surface area contributed by atoms with Gasteiger partial charge in [-0.2, -0.15) is 5.26 Å². The number of benzene rings is 15. The summed E-state index contributed by atoms with van der Waals surface area (Å²) < 4.78 is 9.78. The number of fused-ring (bicyclic) bond motifs is 12. The molecule has 15 aromatic carbocycles. The number of aromatic nitrogens is 6. The normalized spacial score (nSPS) is 11.7. The van der Waals surface area contributed by atoms with E-state index in [1.807, 2.05) is 12.1 Å². The van der Waals surface area contributed by atoms with Crippen molar-refractivity contribution in [3.63, 3.8) is 0 Å². The fourth-order valence-electron chi connectivity index (χ4n) is 16.1. The molecular weight excluding hydrogens is 1240 g/mol. The molecule has 0 aliphatic rings. The molecule has 0 spiro atoms. The summed E-state index contributed by atoms with van der Waals surface area (Å²) in [4.78, 5) is 11.6. The number of nitrogens with zero attached hydrogens (tertiary/aromatic N) is 7. The first-order valence-electron chi connectivity index (χ1n) is 34.6. The highest BCUT2D eigenvalue weighted by Crippen LogP contribution is 2.53. The van der Waals surface area contributed by atoms with Gasteiger partial charge in [0.25, 0.3) is 0 Å². The average molecular weight is 1300 g/mol.